The zero-order valence-electron chi connectivity index (χ0n) is 30.6. The summed E-state index contributed by atoms with van der Waals surface area (Å²) in [6.07, 6.45) is 2.07. The molecule has 1 aromatic heterocycles. The molecule has 0 spiro atoms. The molecule has 11 nitrogen and oxygen atoms in total. The number of fused-ring (bicyclic) bond motifs is 2. The molecule has 2 fully saturated rings. The number of anilines is 2. The van der Waals surface area contributed by atoms with Gasteiger partial charge in [-0.3, -0.25) is 4.90 Å². The van der Waals surface area contributed by atoms with E-state index >= 15 is 0 Å². The lowest BCUT2D eigenvalue weighted by atomic mass is 9.99. The highest BCUT2D eigenvalue weighted by Gasteiger charge is 2.38. The molecule has 3 aliphatic heterocycles. The van der Waals surface area contributed by atoms with Crippen molar-refractivity contribution in [3.05, 3.63) is 53.2 Å². The molecule has 268 valence electrons. The maximum absolute atomic E-state index is 12.0. The highest BCUT2D eigenvalue weighted by Crippen LogP contribution is 2.38. The Morgan fingerprint density at radius 1 is 1.06 bits per heavy atom. The summed E-state index contributed by atoms with van der Waals surface area (Å²) < 4.78 is 13.0. The second-order valence-electron chi connectivity index (χ2n) is 15.6. The number of aromatic nitrogens is 2. The van der Waals surface area contributed by atoms with Gasteiger partial charge in [0.2, 0.25) is 0 Å². The number of carboxylic acid groups (broad SMARTS) is 1. The van der Waals surface area contributed by atoms with E-state index in [1.807, 2.05) is 0 Å². The first kappa shape index (κ1) is 35.9. The largest absolute Gasteiger partial charge is 0.465 e. The van der Waals surface area contributed by atoms with Crippen molar-refractivity contribution in [1.82, 2.24) is 19.8 Å². The van der Waals surface area contributed by atoms with Gasteiger partial charge in [-0.2, -0.15) is 15.2 Å². The molecule has 3 aromatic rings. The first-order valence-electron chi connectivity index (χ1n) is 18.1. The smallest absolute Gasteiger partial charge is 0.407 e. The third-order valence-electron chi connectivity index (χ3n) is 11.4. The number of ether oxygens (including phenoxy) is 1. The Hall–Kier alpha value is -3.92. The second-order valence-corrected chi connectivity index (χ2v) is 20.4. The van der Waals surface area contributed by atoms with Crippen LogP contribution in [0.25, 0.3) is 10.8 Å². The highest BCUT2D eigenvalue weighted by atomic mass is 28.4. The lowest BCUT2D eigenvalue weighted by molar-refractivity contribution is 0.118. The van der Waals surface area contributed by atoms with Gasteiger partial charge in [0.25, 0.3) is 0 Å². The average Bonchev–Trinajstić information content (AvgIpc) is 3.53. The third-order valence-corrected chi connectivity index (χ3v) is 15.9. The number of carbonyl (C=O) groups is 1. The predicted octanol–water partition coefficient (Wildman–Crippen LogP) is 6.45. The van der Waals surface area contributed by atoms with Gasteiger partial charge < -0.3 is 29.0 Å². The number of likely N-dealkylation sites (tertiary alicyclic amines) is 1. The van der Waals surface area contributed by atoms with Crippen LogP contribution in [0.4, 0.5) is 16.3 Å². The topological polar surface area (TPSA) is 118 Å². The molecule has 0 radical (unpaired) electrons. The number of nitrogens with zero attached hydrogens (tertiary/aromatic N) is 7. The summed E-state index contributed by atoms with van der Waals surface area (Å²) in [4.78, 5) is 30.5. The minimum atomic E-state index is -1.82. The number of aryl methyl sites for hydroxylation is 1. The fraction of sp³-hybridized carbons (Fsp3) is 0.579. The maximum atomic E-state index is 12.0. The number of hydrogen-bond acceptors (Lipinski definition) is 9. The molecule has 2 saturated heterocycles. The third kappa shape index (κ3) is 7.55. The Kier molecular flexibility index (Phi) is 10.6. The Balaban J connectivity index is 1.25. The molecule has 2 aromatic carbocycles. The molecule has 0 bridgehead atoms. The van der Waals surface area contributed by atoms with Crippen LogP contribution in [0.15, 0.2) is 36.4 Å². The molecule has 1 amide bonds. The summed E-state index contributed by atoms with van der Waals surface area (Å²) in [6, 6.07) is 15.3. The van der Waals surface area contributed by atoms with Crippen molar-refractivity contribution in [2.24, 2.45) is 0 Å². The number of benzene rings is 2. The fourth-order valence-electron chi connectivity index (χ4n) is 7.45. The van der Waals surface area contributed by atoms with Crippen molar-refractivity contribution in [3.63, 3.8) is 0 Å². The van der Waals surface area contributed by atoms with Crippen molar-refractivity contribution in [2.75, 3.05) is 62.3 Å². The average molecular weight is 700 g/mol. The highest BCUT2D eigenvalue weighted by molar-refractivity contribution is 6.74. The van der Waals surface area contributed by atoms with Gasteiger partial charge in [-0.25, -0.2) is 4.79 Å². The first-order valence-corrected chi connectivity index (χ1v) is 21.0. The molecule has 2 atom stereocenters. The van der Waals surface area contributed by atoms with Crippen molar-refractivity contribution in [1.29, 1.82) is 5.26 Å². The van der Waals surface area contributed by atoms with E-state index in [1.54, 1.807) is 0 Å². The quantitative estimate of drug-likeness (QED) is 0.237. The summed E-state index contributed by atoms with van der Waals surface area (Å²) in [7, 11) is -1.82. The van der Waals surface area contributed by atoms with Gasteiger partial charge in [0, 0.05) is 62.0 Å². The Bertz CT molecular complexity index is 1730. The van der Waals surface area contributed by atoms with Gasteiger partial charge in [-0.05, 0) is 67.9 Å². The van der Waals surface area contributed by atoms with Gasteiger partial charge in [0.05, 0.1) is 30.8 Å². The fourth-order valence-corrected chi connectivity index (χ4v) is 8.49. The van der Waals surface area contributed by atoms with Crippen LogP contribution in [0, 0.1) is 18.3 Å². The first-order chi connectivity index (χ1) is 23.9. The Labute approximate surface area is 297 Å². The van der Waals surface area contributed by atoms with E-state index in [0.717, 1.165) is 62.6 Å². The monoisotopic (exact) mass is 699 g/mol. The van der Waals surface area contributed by atoms with Gasteiger partial charge in [-0.15, -0.1) is 0 Å². The summed E-state index contributed by atoms with van der Waals surface area (Å²) in [6.45, 7) is 19.3. The van der Waals surface area contributed by atoms with Crippen LogP contribution in [0.1, 0.15) is 56.9 Å². The Morgan fingerprint density at radius 3 is 2.58 bits per heavy atom. The molecule has 3 aliphatic rings. The molecular weight excluding hydrogens is 647 g/mol. The van der Waals surface area contributed by atoms with Crippen LogP contribution >= 0.6 is 0 Å². The van der Waals surface area contributed by atoms with Crippen LogP contribution in [0.5, 0.6) is 6.01 Å². The minimum Gasteiger partial charge on any atom is -0.465 e. The Morgan fingerprint density at radius 2 is 1.84 bits per heavy atom. The SMILES string of the molecule is Cc1cccc2cccc(N3CCc4c(nc(OCC5CCCN5CCO[Si](C)(C)C(C)(C)C)nc4N4CCN(C(=O)O)C(CC#N)C4)C3)c12. The maximum Gasteiger partial charge on any atom is 0.407 e. The van der Waals surface area contributed by atoms with Crippen LogP contribution in [-0.2, 0) is 17.4 Å². The van der Waals surface area contributed by atoms with E-state index in [1.165, 1.54) is 26.9 Å². The van der Waals surface area contributed by atoms with Crippen molar-refractivity contribution >= 4 is 36.7 Å². The van der Waals surface area contributed by atoms with E-state index in [4.69, 9.17) is 19.1 Å². The number of amides is 1. The number of piperazine rings is 1. The number of hydrogen-bond donors (Lipinski definition) is 1. The summed E-state index contributed by atoms with van der Waals surface area (Å²) in [5.74, 6) is 0.803. The number of nitriles is 1. The molecule has 12 heteroatoms. The van der Waals surface area contributed by atoms with E-state index in [9.17, 15) is 15.2 Å². The van der Waals surface area contributed by atoms with Crippen LogP contribution < -0.4 is 14.5 Å². The van der Waals surface area contributed by atoms with Gasteiger partial charge in [0.15, 0.2) is 8.32 Å². The van der Waals surface area contributed by atoms with E-state index in [2.05, 4.69) is 98.0 Å². The van der Waals surface area contributed by atoms with Crippen LogP contribution in [0.2, 0.25) is 18.1 Å². The van der Waals surface area contributed by atoms with Crippen LogP contribution in [0.3, 0.4) is 0 Å². The molecule has 50 heavy (non-hydrogen) atoms. The molecule has 0 saturated carbocycles. The van der Waals surface area contributed by atoms with Crippen molar-refractivity contribution in [3.8, 4) is 12.1 Å². The molecule has 6 rings (SSSR count). The standard InChI is InChI=1S/C38H53N7O4Si/c1-27-10-7-11-28-12-8-14-33(34(27)28)43-19-16-31-32(25-43)40-36(41-35(31)44-20-21-45(37(46)47)29(24-44)15-17-39)48-26-30-13-9-18-42(30)22-23-49-50(5,6)38(2,3)4/h7-8,10-12,14,29-30H,9,13,15-16,18-26H2,1-6H3,(H,46,47). The van der Waals surface area contributed by atoms with Gasteiger partial charge in [0.1, 0.15) is 12.4 Å². The summed E-state index contributed by atoms with van der Waals surface area (Å²) in [5, 5.41) is 22.0. The summed E-state index contributed by atoms with van der Waals surface area (Å²) >= 11 is 0. The zero-order valence-corrected chi connectivity index (χ0v) is 31.6. The minimum absolute atomic E-state index is 0.129. The van der Waals surface area contributed by atoms with Crippen molar-refractivity contribution < 1.29 is 19.1 Å². The van der Waals surface area contributed by atoms with Crippen LogP contribution in [-0.4, -0.2) is 104 Å². The zero-order chi connectivity index (χ0) is 35.6. The second kappa shape index (κ2) is 14.7. The molecular formula is C38H53N7O4Si. The van der Waals surface area contributed by atoms with E-state index in [-0.39, 0.29) is 17.5 Å². The molecule has 1 N–H and O–H groups in total. The molecule has 4 heterocycles. The lowest BCUT2D eigenvalue weighted by Gasteiger charge is -2.41. The van der Waals surface area contributed by atoms with E-state index < -0.39 is 20.5 Å². The normalized spacial score (nSPS) is 20.2. The lowest BCUT2D eigenvalue weighted by Crippen LogP contribution is -2.55. The van der Waals surface area contributed by atoms with Crippen molar-refractivity contribution in [2.45, 2.75) is 90.1 Å². The van der Waals surface area contributed by atoms with Gasteiger partial charge in [-0.1, -0.05) is 51.1 Å². The molecule has 0 aliphatic carbocycles. The molecule has 2 unspecified atom stereocenters. The van der Waals surface area contributed by atoms with Gasteiger partial charge >= 0.3 is 12.1 Å². The summed E-state index contributed by atoms with van der Waals surface area (Å²) in [5.41, 5.74) is 4.45. The van der Waals surface area contributed by atoms with E-state index in [0.29, 0.717) is 38.8 Å². The predicted molar refractivity (Wildman–Crippen MR) is 200 cm³/mol. The number of rotatable bonds is 10.